The van der Waals surface area contributed by atoms with Gasteiger partial charge < -0.3 is 20.4 Å². The molecular weight excluding hydrogens is 214 g/mol. The van der Waals surface area contributed by atoms with Crippen LogP contribution in [0.25, 0.3) is 0 Å². The van der Waals surface area contributed by atoms with E-state index in [0.717, 1.165) is 0 Å². The predicted molar refractivity (Wildman–Crippen MR) is 54.5 cm³/mol. The number of rotatable bonds is 5. The Hall–Kier alpha value is -1.81. The summed E-state index contributed by atoms with van der Waals surface area (Å²) in [4.78, 5) is 23.2. The van der Waals surface area contributed by atoms with Crippen molar-refractivity contribution in [2.75, 3.05) is 13.7 Å². The molecule has 0 bridgehead atoms. The zero-order chi connectivity index (χ0) is 12.7. The monoisotopic (exact) mass is 229 g/mol. The molecule has 0 rings (SSSR count). The van der Waals surface area contributed by atoms with Gasteiger partial charge in [0.05, 0.1) is 19.1 Å². The maximum absolute atomic E-state index is 11.5. The molecule has 0 aromatic carbocycles. The van der Waals surface area contributed by atoms with E-state index in [1.807, 2.05) is 6.07 Å². The molecule has 2 unspecified atom stereocenters. The summed E-state index contributed by atoms with van der Waals surface area (Å²) in [5, 5.41) is 27.9. The van der Waals surface area contributed by atoms with E-state index in [1.54, 1.807) is 6.92 Å². The van der Waals surface area contributed by atoms with E-state index in [2.05, 4.69) is 5.32 Å². The number of aliphatic carboxylic acids is 1. The predicted octanol–water partition coefficient (Wildman–Crippen LogP) is -0.625. The van der Waals surface area contributed by atoms with Gasteiger partial charge in [0, 0.05) is 13.1 Å². The van der Waals surface area contributed by atoms with Crippen LogP contribution in [0.5, 0.6) is 0 Å². The van der Waals surface area contributed by atoms with Crippen molar-refractivity contribution >= 4 is 12.0 Å². The number of amides is 2. The van der Waals surface area contributed by atoms with E-state index in [1.165, 1.54) is 11.9 Å². The second kappa shape index (κ2) is 6.63. The first-order valence-corrected chi connectivity index (χ1v) is 4.68. The van der Waals surface area contributed by atoms with Crippen molar-refractivity contribution < 1.29 is 19.8 Å². The van der Waals surface area contributed by atoms with E-state index in [9.17, 15) is 9.59 Å². The zero-order valence-corrected chi connectivity index (χ0v) is 9.17. The first-order valence-electron chi connectivity index (χ1n) is 4.68. The van der Waals surface area contributed by atoms with Gasteiger partial charge in [0.1, 0.15) is 0 Å². The summed E-state index contributed by atoms with van der Waals surface area (Å²) in [6.07, 6.45) is 0.154. The molecule has 0 aliphatic heterocycles. The largest absolute Gasteiger partial charge is 0.480 e. The molecule has 0 aromatic heterocycles. The van der Waals surface area contributed by atoms with Crippen molar-refractivity contribution in [1.29, 1.82) is 5.26 Å². The van der Waals surface area contributed by atoms with Crippen molar-refractivity contribution in [1.82, 2.24) is 10.2 Å². The number of nitrogens with one attached hydrogen (secondary N) is 1. The summed E-state index contributed by atoms with van der Waals surface area (Å²) in [5.41, 5.74) is 0. The van der Waals surface area contributed by atoms with E-state index in [-0.39, 0.29) is 12.5 Å². The number of carboxylic acid groups (broad SMARTS) is 1. The number of aliphatic hydroxyl groups is 1. The molecule has 3 N–H and O–H groups in total. The summed E-state index contributed by atoms with van der Waals surface area (Å²) in [5.74, 6) is -1.31. The van der Waals surface area contributed by atoms with Crippen LogP contribution >= 0.6 is 0 Å². The molecular formula is C9H15N3O4. The second-order valence-corrected chi connectivity index (χ2v) is 3.35. The van der Waals surface area contributed by atoms with E-state index in [4.69, 9.17) is 15.5 Å². The van der Waals surface area contributed by atoms with Crippen LogP contribution in [0.1, 0.15) is 13.3 Å². The fraction of sp³-hybridized carbons (Fsp3) is 0.667. The molecule has 0 saturated carbocycles. The highest BCUT2D eigenvalue weighted by Gasteiger charge is 2.22. The Kier molecular flexibility index (Phi) is 5.88. The maximum Gasteiger partial charge on any atom is 0.328 e. The molecule has 0 aromatic rings. The highest BCUT2D eigenvalue weighted by Crippen LogP contribution is 2.00. The normalized spacial score (nSPS) is 13.4. The SMILES string of the molecule is CC(CC#N)N(C)C(=O)NC(CO)C(=O)O. The standard InChI is InChI=1S/C9H15N3O4/c1-6(3-4-10)12(2)9(16)11-7(5-13)8(14)15/h6-7,13H,3,5H2,1-2H3,(H,11,16)(H,14,15). The molecule has 2 atom stereocenters. The number of hydrogen-bond acceptors (Lipinski definition) is 4. The molecule has 90 valence electrons. The van der Waals surface area contributed by atoms with Crippen molar-refractivity contribution in [3.8, 4) is 6.07 Å². The molecule has 0 radical (unpaired) electrons. The third-order valence-corrected chi connectivity index (χ3v) is 2.15. The lowest BCUT2D eigenvalue weighted by Gasteiger charge is -2.24. The van der Waals surface area contributed by atoms with Crippen molar-refractivity contribution in [2.24, 2.45) is 0 Å². The Morgan fingerprint density at radius 2 is 2.12 bits per heavy atom. The van der Waals surface area contributed by atoms with Crippen LogP contribution in [0.4, 0.5) is 4.79 Å². The number of aliphatic hydroxyl groups excluding tert-OH is 1. The smallest absolute Gasteiger partial charge is 0.328 e. The summed E-state index contributed by atoms with van der Waals surface area (Å²) in [7, 11) is 1.45. The number of nitriles is 1. The Balaban J connectivity index is 4.35. The van der Waals surface area contributed by atoms with Gasteiger partial charge in [-0.25, -0.2) is 9.59 Å². The van der Waals surface area contributed by atoms with Gasteiger partial charge in [-0.1, -0.05) is 0 Å². The number of carbonyl (C=O) groups is 2. The first kappa shape index (κ1) is 14.2. The van der Waals surface area contributed by atoms with Crippen LogP contribution in [0, 0.1) is 11.3 Å². The molecule has 2 amide bonds. The number of carbonyl (C=O) groups excluding carboxylic acids is 1. The van der Waals surface area contributed by atoms with Gasteiger partial charge in [-0.05, 0) is 6.92 Å². The molecule has 7 heteroatoms. The van der Waals surface area contributed by atoms with Crippen LogP contribution in [-0.4, -0.2) is 52.9 Å². The number of carboxylic acids is 1. The molecule has 0 heterocycles. The van der Waals surface area contributed by atoms with Crippen LogP contribution in [-0.2, 0) is 4.79 Å². The summed E-state index contributed by atoms with van der Waals surface area (Å²) >= 11 is 0. The minimum atomic E-state index is -1.33. The lowest BCUT2D eigenvalue weighted by Crippen LogP contribution is -2.50. The van der Waals surface area contributed by atoms with Gasteiger partial charge in [-0.2, -0.15) is 5.26 Å². The molecule has 16 heavy (non-hydrogen) atoms. The molecule has 0 aliphatic carbocycles. The van der Waals surface area contributed by atoms with Gasteiger partial charge in [0.15, 0.2) is 6.04 Å². The minimum absolute atomic E-state index is 0.154. The quantitative estimate of drug-likeness (QED) is 0.581. The third kappa shape index (κ3) is 4.14. The lowest BCUT2D eigenvalue weighted by molar-refractivity contribution is -0.140. The van der Waals surface area contributed by atoms with Gasteiger partial charge in [0.2, 0.25) is 0 Å². The summed E-state index contributed by atoms with van der Waals surface area (Å²) < 4.78 is 0. The van der Waals surface area contributed by atoms with E-state index >= 15 is 0 Å². The molecule has 0 fully saturated rings. The number of nitrogens with zero attached hydrogens (tertiary/aromatic N) is 2. The van der Waals surface area contributed by atoms with Crippen molar-refractivity contribution in [2.45, 2.75) is 25.4 Å². The number of urea groups is 1. The Morgan fingerprint density at radius 3 is 2.50 bits per heavy atom. The van der Waals surface area contributed by atoms with Gasteiger partial charge in [0.25, 0.3) is 0 Å². The molecule has 0 aliphatic rings. The van der Waals surface area contributed by atoms with Crippen LogP contribution in [0.3, 0.4) is 0 Å². The Labute approximate surface area is 93.3 Å². The summed E-state index contributed by atoms with van der Waals surface area (Å²) in [6, 6.07) is -0.380. The summed E-state index contributed by atoms with van der Waals surface area (Å²) in [6.45, 7) is 0.985. The number of hydrogen-bond donors (Lipinski definition) is 3. The van der Waals surface area contributed by atoms with E-state index in [0.29, 0.717) is 0 Å². The van der Waals surface area contributed by atoms with Crippen LogP contribution in [0.15, 0.2) is 0 Å². The average molecular weight is 229 g/mol. The topological polar surface area (TPSA) is 114 Å². The Bertz CT molecular complexity index is 300. The first-order chi connectivity index (χ1) is 7.43. The minimum Gasteiger partial charge on any atom is -0.480 e. The maximum atomic E-state index is 11.5. The van der Waals surface area contributed by atoms with Crippen molar-refractivity contribution in [3.63, 3.8) is 0 Å². The highest BCUT2D eigenvalue weighted by molar-refractivity contribution is 5.82. The average Bonchev–Trinajstić information content (AvgIpc) is 2.24. The molecule has 7 nitrogen and oxygen atoms in total. The third-order valence-electron chi connectivity index (χ3n) is 2.15. The lowest BCUT2D eigenvalue weighted by atomic mass is 10.2. The Morgan fingerprint density at radius 1 is 1.56 bits per heavy atom. The zero-order valence-electron chi connectivity index (χ0n) is 9.17. The second-order valence-electron chi connectivity index (χ2n) is 3.35. The van der Waals surface area contributed by atoms with Crippen LogP contribution in [0.2, 0.25) is 0 Å². The van der Waals surface area contributed by atoms with Gasteiger partial charge in [-0.15, -0.1) is 0 Å². The van der Waals surface area contributed by atoms with Crippen LogP contribution < -0.4 is 5.32 Å². The fourth-order valence-electron chi connectivity index (χ4n) is 0.906. The van der Waals surface area contributed by atoms with Gasteiger partial charge >= 0.3 is 12.0 Å². The molecule has 0 spiro atoms. The van der Waals surface area contributed by atoms with Crippen molar-refractivity contribution in [3.05, 3.63) is 0 Å². The highest BCUT2D eigenvalue weighted by atomic mass is 16.4. The fourth-order valence-corrected chi connectivity index (χ4v) is 0.906. The van der Waals surface area contributed by atoms with Gasteiger partial charge in [-0.3, -0.25) is 0 Å². The van der Waals surface area contributed by atoms with E-state index < -0.39 is 24.6 Å². The molecule has 0 saturated heterocycles.